The Morgan fingerprint density at radius 2 is 1.96 bits per heavy atom. The Balaban J connectivity index is 1.65. The molecular weight excluding hydrogens is 327 g/mol. The van der Waals surface area contributed by atoms with Crippen molar-refractivity contribution in [2.75, 3.05) is 13.1 Å². The van der Waals surface area contributed by atoms with Gasteiger partial charge in [0.15, 0.2) is 0 Å². The molecule has 2 aromatic carbocycles. The van der Waals surface area contributed by atoms with Crippen molar-refractivity contribution < 1.29 is 9.18 Å². The molecule has 0 unspecified atom stereocenters. The Morgan fingerprint density at radius 3 is 2.71 bits per heavy atom. The van der Waals surface area contributed by atoms with Gasteiger partial charge in [-0.1, -0.05) is 35.9 Å². The molecule has 2 aromatic rings. The number of nitrogens with one attached hydrogen (secondary N) is 1. The molecule has 2 atom stereocenters. The molecular formula is C19H16ClFN2O. The van der Waals surface area contributed by atoms with E-state index in [-0.39, 0.29) is 11.8 Å². The van der Waals surface area contributed by atoms with Crippen LogP contribution in [0, 0.1) is 0 Å². The van der Waals surface area contributed by atoms with E-state index in [9.17, 15) is 9.18 Å². The number of amides is 1. The molecule has 2 heterocycles. The summed E-state index contributed by atoms with van der Waals surface area (Å²) in [6.45, 7) is 1.25. The van der Waals surface area contributed by atoms with Crippen molar-refractivity contribution >= 4 is 23.7 Å². The number of nitrogens with zero attached hydrogens (tertiary/aromatic N) is 1. The second-order valence-corrected chi connectivity index (χ2v) is 6.63. The average Bonchev–Trinajstić information content (AvgIpc) is 2.97. The number of benzene rings is 2. The summed E-state index contributed by atoms with van der Waals surface area (Å²) in [7, 11) is 0. The lowest BCUT2D eigenvalue weighted by Crippen LogP contribution is -2.36. The maximum Gasteiger partial charge on any atom is 0.277 e. The van der Waals surface area contributed by atoms with Crippen LogP contribution in [0.15, 0.2) is 41.4 Å². The van der Waals surface area contributed by atoms with E-state index in [0.717, 1.165) is 29.7 Å². The van der Waals surface area contributed by atoms with Crippen molar-refractivity contribution in [2.45, 2.75) is 18.5 Å². The van der Waals surface area contributed by atoms with Crippen molar-refractivity contribution in [3.63, 3.8) is 0 Å². The number of carbonyl (C=O) groups excluding carboxylic acids is 1. The van der Waals surface area contributed by atoms with Gasteiger partial charge in [-0.2, -0.15) is 0 Å². The molecule has 0 spiro atoms. The number of alkyl halides is 1. The molecule has 1 fully saturated rings. The molecule has 0 radical (unpaired) electrons. The van der Waals surface area contributed by atoms with Crippen LogP contribution >= 0.6 is 11.6 Å². The van der Waals surface area contributed by atoms with Crippen LogP contribution in [0.1, 0.15) is 33.8 Å². The summed E-state index contributed by atoms with van der Waals surface area (Å²) in [5.74, 6) is -0.320. The zero-order valence-electron chi connectivity index (χ0n) is 12.9. The van der Waals surface area contributed by atoms with Crippen molar-refractivity contribution in [1.82, 2.24) is 5.32 Å². The molecule has 0 saturated carbocycles. The molecule has 1 N–H and O–H groups in total. The van der Waals surface area contributed by atoms with Crippen molar-refractivity contribution in [1.29, 1.82) is 0 Å². The molecule has 1 amide bonds. The summed E-state index contributed by atoms with van der Waals surface area (Å²) in [4.78, 5) is 15.6. The Labute approximate surface area is 144 Å². The first-order valence-electron chi connectivity index (χ1n) is 8.00. The van der Waals surface area contributed by atoms with Crippen LogP contribution in [0.2, 0.25) is 5.02 Å². The maximum absolute atomic E-state index is 14.1. The van der Waals surface area contributed by atoms with Gasteiger partial charge in [0, 0.05) is 24.2 Å². The summed E-state index contributed by atoms with van der Waals surface area (Å²) < 4.78 is 14.1. The predicted molar refractivity (Wildman–Crippen MR) is 93.9 cm³/mol. The van der Waals surface area contributed by atoms with Gasteiger partial charge in [0.2, 0.25) is 0 Å². The van der Waals surface area contributed by atoms with Crippen molar-refractivity contribution in [3.8, 4) is 11.1 Å². The number of carbonyl (C=O) groups is 1. The van der Waals surface area contributed by atoms with Crippen LogP contribution < -0.4 is 5.32 Å². The normalized spacial score (nSPS) is 22.7. The van der Waals surface area contributed by atoms with Gasteiger partial charge >= 0.3 is 0 Å². The monoisotopic (exact) mass is 342 g/mol. The number of rotatable bonds is 2. The van der Waals surface area contributed by atoms with Crippen LogP contribution in [0.4, 0.5) is 4.39 Å². The highest BCUT2D eigenvalue weighted by Crippen LogP contribution is 2.33. The topological polar surface area (TPSA) is 41.5 Å². The molecule has 5 heteroatoms. The standard InChI is InChI=1S/C19H16ClFN2O/c20-17-8-13(7-15-16(17)9-23-19(15)24)11-1-3-12(4-2-11)14-5-6-22-10-18(14)21/h1-4,7-9,14,18,22H,5-6,10H2/t14-,18+/m1/s1. The van der Waals surface area contributed by atoms with E-state index in [4.69, 9.17) is 11.6 Å². The predicted octanol–water partition coefficient (Wildman–Crippen LogP) is 3.99. The highest BCUT2D eigenvalue weighted by atomic mass is 35.5. The number of halogens is 2. The number of aliphatic imine (C=N–C) groups is 1. The Bertz CT molecular complexity index is 832. The molecule has 24 heavy (non-hydrogen) atoms. The van der Waals surface area contributed by atoms with Gasteiger partial charge in [0.25, 0.3) is 5.91 Å². The minimum Gasteiger partial charge on any atom is -0.314 e. The highest BCUT2D eigenvalue weighted by Gasteiger charge is 2.26. The third-order valence-corrected chi connectivity index (χ3v) is 5.06. The SMILES string of the molecule is O=C1N=Cc2c(Cl)cc(-c3ccc([C@H]4CCNC[C@@H]4F)cc3)cc21. The van der Waals surface area contributed by atoms with E-state index in [0.29, 0.717) is 22.7 Å². The number of hydrogen-bond donors (Lipinski definition) is 1. The summed E-state index contributed by atoms with van der Waals surface area (Å²) >= 11 is 6.26. The summed E-state index contributed by atoms with van der Waals surface area (Å²) in [6, 6.07) is 11.5. The van der Waals surface area contributed by atoms with E-state index in [2.05, 4.69) is 10.3 Å². The third kappa shape index (κ3) is 2.66. The Hall–Kier alpha value is -2.04. The molecule has 1 saturated heterocycles. The quantitative estimate of drug-likeness (QED) is 0.896. The van der Waals surface area contributed by atoms with Gasteiger partial charge in [-0.25, -0.2) is 9.38 Å². The lowest BCUT2D eigenvalue weighted by Gasteiger charge is -2.27. The van der Waals surface area contributed by atoms with Crippen LogP contribution in [0.5, 0.6) is 0 Å². The number of hydrogen-bond acceptors (Lipinski definition) is 2. The molecule has 122 valence electrons. The minimum atomic E-state index is -0.853. The Morgan fingerprint density at radius 1 is 1.17 bits per heavy atom. The van der Waals surface area contributed by atoms with E-state index in [1.807, 2.05) is 36.4 Å². The van der Waals surface area contributed by atoms with E-state index < -0.39 is 6.17 Å². The minimum absolute atomic E-state index is 0.0566. The third-order valence-electron chi connectivity index (χ3n) is 4.75. The lowest BCUT2D eigenvalue weighted by molar-refractivity contribution is 0.101. The van der Waals surface area contributed by atoms with Crippen LogP contribution in [0.25, 0.3) is 11.1 Å². The van der Waals surface area contributed by atoms with Crippen molar-refractivity contribution in [3.05, 3.63) is 58.1 Å². The van der Waals surface area contributed by atoms with Gasteiger partial charge in [-0.3, -0.25) is 4.79 Å². The summed E-state index contributed by atoms with van der Waals surface area (Å²) in [6.07, 6.45) is 1.45. The molecule has 0 aromatic heterocycles. The van der Waals surface area contributed by atoms with Crippen LogP contribution in [0.3, 0.4) is 0 Å². The van der Waals surface area contributed by atoms with E-state index in [1.165, 1.54) is 6.21 Å². The second kappa shape index (κ2) is 6.11. The first-order valence-corrected chi connectivity index (χ1v) is 8.38. The van der Waals surface area contributed by atoms with Gasteiger partial charge in [0.1, 0.15) is 6.17 Å². The van der Waals surface area contributed by atoms with Gasteiger partial charge < -0.3 is 5.32 Å². The van der Waals surface area contributed by atoms with Gasteiger partial charge in [-0.05, 0) is 41.8 Å². The number of fused-ring (bicyclic) bond motifs is 1. The Kier molecular flexibility index (Phi) is 3.94. The molecule has 0 aliphatic carbocycles. The van der Waals surface area contributed by atoms with Gasteiger partial charge in [-0.15, -0.1) is 0 Å². The zero-order valence-corrected chi connectivity index (χ0v) is 13.7. The highest BCUT2D eigenvalue weighted by molar-refractivity contribution is 6.35. The first kappa shape index (κ1) is 15.5. The summed E-state index contributed by atoms with van der Waals surface area (Å²) in [5, 5.41) is 3.59. The zero-order chi connectivity index (χ0) is 16.7. The van der Waals surface area contributed by atoms with Crippen LogP contribution in [-0.2, 0) is 0 Å². The molecule has 4 rings (SSSR count). The fourth-order valence-electron chi connectivity index (χ4n) is 3.40. The van der Waals surface area contributed by atoms with E-state index in [1.54, 1.807) is 0 Å². The smallest absolute Gasteiger partial charge is 0.277 e. The second-order valence-electron chi connectivity index (χ2n) is 6.22. The lowest BCUT2D eigenvalue weighted by atomic mass is 9.87. The first-order chi connectivity index (χ1) is 11.6. The largest absolute Gasteiger partial charge is 0.314 e. The molecule has 0 bridgehead atoms. The molecule has 2 aliphatic heterocycles. The average molecular weight is 343 g/mol. The maximum atomic E-state index is 14.1. The molecule has 2 aliphatic rings. The number of piperidine rings is 1. The summed E-state index contributed by atoms with van der Waals surface area (Å²) in [5.41, 5.74) is 4.04. The van der Waals surface area contributed by atoms with Gasteiger partial charge in [0.05, 0.1) is 10.6 Å². The fraction of sp³-hybridized carbons (Fsp3) is 0.263. The van der Waals surface area contributed by atoms with E-state index >= 15 is 0 Å². The van der Waals surface area contributed by atoms with Crippen molar-refractivity contribution in [2.24, 2.45) is 4.99 Å². The van der Waals surface area contributed by atoms with Crippen LogP contribution in [-0.4, -0.2) is 31.4 Å². The molecule has 3 nitrogen and oxygen atoms in total. The fourth-order valence-corrected chi connectivity index (χ4v) is 3.67.